The second-order valence-electron chi connectivity index (χ2n) is 15.3. The number of hydrogen-bond donors (Lipinski definition) is 1. The molecule has 0 aromatic carbocycles. The highest BCUT2D eigenvalue weighted by Crippen LogP contribution is 2.43. The molecular weight excluding hydrogens is 572 g/mol. The van der Waals surface area contributed by atoms with Crippen molar-refractivity contribution in [1.29, 1.82) is 0 Å². The van der Waals surface area contributed by atoms with Crippen LogP contribution in [0, 0.1) is 47.3 Å². The smallest absolute Gasteiger partial charge is 0.185 e. The molecule has 4 heterocycles. The molecule has 4 fully saturated rings. The number of aliphatic hydroxyl groups is 1. The second kappa shape index (κ2) is 15.9. The van der Waals surface area contributed by atoms with E-state index in [2.05, 4.69) is 90.0 Å². The number of ether oxygens (including phenoxy) is 7. The first-order chi connectivity index (χ1) is 21.3. The van der Waals surface area contributed by atoms with E-state index in [1.807, 2.05) is 0 Å². The topological polar surface area (TPSA) is 84.8 Å². The zero-order valence-electron chi connectivity index (χ0n) is 30.7. The van der Waals surface area contributed by atoms with Gasteiger partial charge in [0.2, 0.25) is 0 Å². The van der Waals surface area contributed by atoms with E-state index < -0.39 is 31.1 Å². The highest BCUT2D eigenvalue weighted by Gasteiger charge is 2.52. The molecule has 8 unspecified atom stereocenters. The highest BCUT2D eigenvalue weighted by atomic mass is 16.8. The molecule has 4 rings (SSSR count). The minimum atomic E-state index is -0.738. The van der Waals surface area contributed by atoms with Gasteiger partial charge < -0.3 is 38.3 Å². The molecular formula is C37H68O8. The third-order valence-corrected chi connectivity index (χ3v) is 12.8. The lowest BCUT2D eigenvalue weighted by Gasteiger charge is -2.52. The lowest BCUT2D eigenvalue weighted by molar-refractivity contribution is -0.380. The lowest BCUT2D eigenvalue weighted by Crippen LogP contribution is -2.61. The second-order valence-corrected chi connectivity index (χ2v) is 15.3. The van der Waals surface area contributed by atoms with Crippen molar-refractivity contribution >= 4 is 0 Å². The summed E-state index contributed by atoms with van der Waals surface area (Å²) in [5.41, 5.74) is 0. The van der Waals surface area contributed by atoms with Gasteiger partial charge in [-0.1, -0.05) is 83.1 Å². The van der Waals surface area contributed by atoms with Crippen molar-refractivity contribution in [3.8, 4) is 0 Å². The molecule has 4 saturated heterocycles. The molecule has 4 aliphatic rings. The van der Waals surface area contributed by atoms with Gasteiger partial charge in [-0.2, -0.15) is 0 Å². The van der Waals surface area contributed by atoms with Gasteiger partial charge in [0.25, 0.3) is 0 Å². The molecule has 0 aromatic rings. The average Bonchev–Trinajstić information content (AvgIpc) is 3.03. The van der Waals surface area contributed by atoms with Crippen LogP contribution in [-0.2, 0) is 33.2 Å². The molecule has 0 saturated carbocycles. The van der Waals surface area contributed by atoms with Crippen LogP contribution in [0.5, 0.6) is 0 Å². The van der Waals surface area contributed by atoms with Gasteiger partial charge in [0.1, 0.15) is 18.3 Å². The van der Waals surface area contributed by atoms with Gasteiger partial charge in [0.15, 0.2) is 18.9 Å². The van der Waals surface area contributed by atoms with Crippen molar-refractivity contribution in [2.75, 3.05) is 0 Å². The van der Waals surface area contributed by atoms with Crippen molar-refractivity contribution in [2.24, 2.45) is 47.3 Å². The van der Waals surface area contributed by atoms with E-state index in [0.29, 0.717) is 11.8 Å². The maximum atomic E-state index is 11.3. The fourth-order valence-electron chi connectivity index (χ4n) is 8.61. The van der Waals surface area contributed by atoms with E-state index in [9.17, 15) is 5.11 Å². The molecule has 0 aromatic heterocycles. The Kier molecular flexibility index (Phi) is 13.3. The quantitative estimate of drug-likeness (QED) is 0.269. The fourth-order valence-corrected chi connectivity index (χ4v) is 8.61. The molecule has 0 amide bonds. The summed E-state index contributed by atoms with van der Waals surface area (Å²) < 4.78 is 47.1. The summed E-state index contributed by atoms with van der Waals surface area (Å²) in [6.07, 6.45) is 0.381. The molecule has 0 aliphatic carbocycles. The van der Waals surface area contributed by atoms with Crippen molar-refractivity contribution < 1.29 is 38.3 Å². The molecule has 0 radical (unpaired) electrons. The summed E-state index contributed by atoms with van der Waals surface area (Å²) in [6.45, 7) is 28.5. The third kappa shape index (κ3) is 7.64. The Morgan fingerprint density at radius 2 is 0.711 bits per heavy atom. The summed E-state index contributed by atoms with van der Waals surface area (Å²) in [6, 6.07) is 0. The first-order valence-corrected chi connectivity index (χ1v) is 18.5. The van der Waals surface area contributed by atoms with Crippen molar-refractivity contribution in [1.82, 2.24) is 0 Å². The Hall–Kier alpha value is -0.320. The van der Waals surface area contributed by atoms with Crippen LogP contribution in [0.25, 0.3) is 0 Å². The van der Waals surface area contributed by atoms with Crippen molar-refractivity contribution in [2.45, 2.75) is 189 Å². The first kappa shape index (κ1) is 37.5. The zero-order valence-corrected chi connectivity index (χ0v) is 30.7. The predicted octanol–water partition coefficient (Wildman–Crippen LogP) is 7.19. The van der Waals surface area contributed by atoms with E-state index in [1.165, 1.54) is 0 Å². The first-order valence-electron chi connectivity index (χ1n) is 18.5. The highest BCUT2D eigenvalue weighted by molar-refractivity contribution is 4.93. The molecule has 45 heavy (non-hydrogen) atoms. The van der Waals surface area contributed by atoms with Crippen LogP contribution in [0.4, 0.5) is 0 Å². The van der Waals surface area contributed by atoms with Gasteiger partial charge in [-0.3, -0.25) is 0 Å². The van der Waals surface area contributed by atoms with Gasteiger partial charge in [-0.25, -0.2) is 0 Å². The van der Waals surface area contributed by atoms with E-state index in [-0.39, 0.29) is 78.2 Å². The standard InChI is InChI=1S/C37H68O8/c1-14-27-19(6)23(10)32(26(13)39-27)43-36-34(25(12)21(8)29(16-3)41-36)45-37-33(24(11)20(7)30(17-4)42-37)44-35-31(38)22(9)18(5)28(15-2)40-35/h18-38H,14-17H2,1-13H3/t18-,19-,20-,21-,22-,23-,24-,25-,26+,27?,28?,29?,30?,31?,32?,33?,34?,35+,36+,37+/m0/s1. The summed E-state index contributed by atoms with van der Waals surface area (Å²) in [7, 11) is 0. The van der Waals surface area contributed by atoms with Gasteiger partial charge in [0.05, 0.1) is 36.6 Å². The monoisotopic (exact) mass is 640 g/mol. The van der Waals surface area contributed by atoms with E-state index in [1.54, 1.807) is 0 Å². The Labute approximate surface area is 274 Å². The maximum absolute atomic E-state index is 11.3. The zero-order chi connectivity index (χ0) is 33.3. The normalized spacial score (nSPS) is 52.9. The van der Waals surface area contributed by atoms with Crippen LogP contribution in [0.15, 0.2) is 0 Å². The maximum Gasteiger partial charge on any atom is 0.185 e. The van der Waals surface area contributed by atoms with E-state index >= 15 is 0 Å². The van der Waals surface area contributed by atoms with Gasteiger partial charge >= 0.3 is 0 Å². The number of rotatable bonds is 10. The van der Waals surface area contributed by atoms with Crippen LogP contribution in [-0.4, -0.2) is 78.9 Å². The average molecular weight is 641 g/mol. The van der Waals surface area contributed by atoms with Crippen molar-refractivity contribution in [3.63, 3.8) is 0 Å². The van der Waals surface area contributed by atoms with Crippen LogP contribution in [0.3, 0.4) is 0 Å². The molecule has 0 spiro atoms. The van der Waals surface area contributed by atoms with Crippen LogP contribution < -0.4 is 0 Å². The predicted molar refractivity (Wildman–Crippen MR) is 175 cm³/mol. The molecule has 264 valence electrons. The van der Waals surface area contributed by atoms with E-state index in [4.69, 9.17) is 33.2 Å². The molecule has 8 heteroatoms. The molecule has 4 aliphatic heterocycles. The molecule has 20 atom stereocenters. The minimum Gasteiger partial charge on any atom is -0.388 e. The summed E-state index contributed by atoms with van der Waals surface area (Å²) in [5.74, 6) is 1.80. The number of hydrogen-bond acceptors (Lipinski definition) is 8. The summed E-state index contributed by atoms with van der Waals surface area (Å²) in [4.78, 5) is 0. The minimum absolute atomic E-state index is 0.0289. The largest absolute Gasteiger partial charge is 0.388 e. The Morgan fingerprint density at radius 3 is 1.13 bits per heavy atom. The Bertz CT molecular complexity index is 902. The Balaban J connectivity index is 1.61. The van der Waals surface area contributed by atoms with Crippen molar-refractivity contribution in [3.05, 3.63) is 0 Å². The van der Waals surface area contributed by atoms with Crippen LogP contribution in [0.1, 0.15) is 116 Å². The van der Waals surface area contributed by atoms with E-state index in [0.717, 1.165) is 25.7 Å². The number of aliphatic hydroxyl groups excluding tert-OH is 1. The van der Waals surface area contributed by atoms with Gasteiger partial charge in [-0.15, -0.1) is 0 Å². The summed E-state index contributed by atoms with van der Waals surface area (Å²) in [5, 5.41) is 11.3. The fraction of sp³-hybridized carbons (Fsp3) is 1.00. The molecule has 8 nitrogen and oxygen atoms in total. The SMILES string of the molecule is CCC1O[C@H](OC2[C@@H](OC3[C@@H](OC4[C@@H](C)[C@H](C)C(CC)O[C@@H]4C)OC(CC)[C@@H](C)[C@@H]3C)OC(CC)[C@@H](C)[C@@H]2C)C(O)[C@@H](C)[C@@H]1C. The third-order valence-electron chi connectivity index (χ3n) is 12.8. The van der Waals surface area contributed by atoms with Gasteiger partial charge in [-0.05, 0) is 80.0 Å². The van der Waals surface area contributed by atoms with Gasteiger partial charge in [0, 0.05) is 0 Å². The van der Waals surface area contributed by atoms with Crippen LogP contribution >= 0.6 is 0 Å². The summed E-state index contributed by atoms with van der Waals surface area (Å²) >= 11 is 0. The lowest BCUT2D eigenvalue weighted by atomic mass is 9.80. The molecule has 1 N–H and O–H groups in total. The Morgan fingerprint density at radius 1 is 0.400 bits per heavy atom. The van der Waals surface area contributed by atoms with Crippen LogP contribution in [0.2, 0.25) is 0 Å². The molecule has 0 bridgehead atoms.